The molecule has 0 radical (unpaired) electrons. The maximum Gasteiger partial charge on any atom is 0.147 e. The van der Waals surface area contributed by atoms with Crippen LogP contribution in [0.4, 0.5) is 0 Å². The molecule has 7 nitrogen and oxygen atoms in total. The lowest BCUT2D eigenvalue weighted by molar-refractivity contribution is -0.0583. The number of imidazole rings is 1. The Balaban J connectivity index is 0.000000156. The van der Waals surface area contributed by atoms with E-state index in [2.05, 4.69) is 71.2 Å². The van der Waals surface area contributed by atoms with Gasteiger partial charge in [-0.1, -0.05) is 0 Å². The average Bonchev–Trinajstić information content (AvgIpc) is 3.23. The Morgan fingerprint density at radius 3 is 2.59 bits per heavy atom. The summed E-state index contributed by atoms with van der Waals surface area (Å²) < 4.78 is 10.3. The van der Waals surface area contributed by atoms with Gasteiger partial charge in [-0.25, -0.2) is 4.98 Å². The van der Waals surface area contributed by atoms with Crippen LogP contribution in [-0.2, 0) is 37.2 Å². The van der Waals surface area contributed by atoms with Crippen LogP contribution >= 0.6 is 0 Å². The van der Waals surface area contributed by atoms with E-state index in [1.54, 1.807) is 0 Å². The van der Waals surface area contributed by atoms with E-state index >= 15 is 0 Å². The SMILES string of the molecule is CC(C)(C)NCc1nnc2n1CCC2.CC(C)(C)O[C@@H]1Cc2nccn2C1. The van der Waals surface area contributed by atoms with Crippen molar-refractivity contribution in [3.05, 3.63) is 29.9 Å². The van der Waals surface area contributed by atoms with Crippen LogP contribution in [0.1, 0.15) is 65.4 Å². The molecule has 0 saturated carbocycles. The van der Waals surface area contributed by atoms with Crippen LogP contribution < -0.4 is 5.32 Å². The fourth-order valence-electron chi connectivity index (χ4n) is 3.45. The van der Waals surface area contributed by atoms with Crippen molar-refractivity contribution in [3.63, 3.8) is 0 Å². The van der Waals surface area contributed by atoms with Crippen LogP contribution in [-0.4, -0.2) is 41.6 Å². The Hall–Kier alpha value is -1.73. The monoisotopic (exact) mass is 374 g/mol. The standard InChI is InChI=1S/C10H18N4.C10H16N2O/c1-10(2,3)11-7-9-13-12-8-5-4-6-14(8)9;1-10(2,3)13-8-6-9-11-4-5-12(9)7-8/h11H,4-7H2,1-3H3;4-5,8H,6-7H2,1-3H3/t;8-/m.1/s1. The zero-order chi connectivity index (χ0) is 19.7. The summed E-state index contributed by atoms with van der Waals surface area (Å²) in [5, 5.41) is 11.8. The molecular formula is C20H34N6O. The fraction of sp³-hybridized carbons (Fsp3) is 0.750. The molecule has 2 aliphatic rings. The number of aromatic nitrogens is 5. The first-order valence-corrected chi connectivity index (χ1v) is 9.94. The second-order valence-corrected chi connectivity index (χ2v) is 9.44. The van der Waals surface area contributed by atoms with Crippen LogP contribution in [0.25, 0.3) is 0 Å². The van der Waals surface area contributed by atoms with Gasteiger partial charge in [0.05, 0.1) is 24.8 Å². The number of aryl methyl sites for hydroxylation is 1. The van der Waals surface area contributed by atoms with Crippen molar-refractivity contribution in [2.75, 3.05) is 0 Å². The van der Waals surface area contributed by atoms with Gasteiger partial charge in [0.1, 0.15) is 17.5 Å². The van der Waals surface area contributed by atoms with Gasteiger partial charge in [-0.05, 0) is 48.0 Å². The van der Waals surface area contributed by atoms with Crippen molar-refractivity contribution >= 4 is 0 Å². The molecule has 2 aliphatic heterocycles. The normalized spacial score (nSPS) is 18.8. The fourth-order valence-corrected chi connectivity index (χ4v) is 3.45. The van der Waals surface area contributed by atoms with E-state index in [4.69, 9.17) is 4.74 Å². The second kappa shape index (κ2) is 7.72. The molecular weight excluding hydrogens is 340 g/mol. The van der Waals surface area contributed by atoms with Crippen molar-refractivity contribution in [1.29, 1.82) is 0 Å². The van der Waals surface area contributed by atoms with Crippen LogP contribution in [0.3, 0.4) is 0 Å². The largest absolute Gasteiger partial charge is 0.370 e. The Bertz CT molecular complexity index is 729. The van der Waals surface area contributed by atoms with Crippen molar-refractivity contribution in [1.82, 2.24) is 29.6 Å². The van der Waals surface area contributed by atoms with Gasteiger partial charge in [-0.2, -0.15) is 0 Å². The lowest BCUT2D eigenvalue weighted by Gasteiger charge is -2.24. The topological polar surface area (TPSA) is 69.8 Å². The maximum atomic E-state index is 5.88. The van der Waals surface area contributed by atoms with E-state index < -0.39 is 0 Å². The molecule has 0 aliphatic carbocycles. The lowest BCUT2D eigenvalue weighted by Crippen LogP contribution is -2.35. The summed E-state index contributed by atoms with van der Waals surface area (Å²) in [4.78, 5) is 4.26. The Kier molecular flexibility index (Phi) is 5.72. The summed E-state index contributed by atoms with van der Waals surface area (Å²) in [5.41, 5.74) is 0.0969. The molecule has 4 rings (SSSR count). The van der Waals surface area contributed by atoms with Crippen molar-refractivity contribution in [2.45, 2.75) is 97.7 Å². The minimum absolute atomic E-state index is 0.0469. The van der Waals surface area contributed by atoms with Gasteiger partial charge in [0.2, 0.25) is 0 Å². The van der Waals surface area contributed by atoms with E-state index in [0.717, 1.165) is 49.9 Å². The van der Waals surface area contributed by atoms with E-state index in [-0.39, 0.29) is 11.1 Å². The molecule has 1 N–H and O–H groups in total. The molecule has 150 valence electrons. The van der Waals surface area contributed by atoms with Gasteiger partial charge >= 0.3 is 0 Å². The van der Waals surface area contributed by atoms with Crippen LogP contribution in [0.5, 0.6) is 0 Å². The molecule has 4 heterocycles. The minimum Gasteiger partial charge on any atom is -0.370 e. The Morgan fingerprint density at radius 1 is 1.15 bits per heavy atom. The zero-order valence-electron chi connectivity index (χ0n) is 17.6. The summed E-state index contributed by atoms with van der Waals surface area (Å²) in [6.45, 7) is 15.6. The smallest absolute Gasteiger partial charge is 0.147 e. The number of nitrogens with one attached hydrogen (secondary N) is 1. The highest BCUT2D eigenvalue weighted by Crippen LogP contribution is 2.20. The number of ether oxygens (including phenoxy) is 1. The molecule has 0 unspecified atom stereocenters. The number of hydrogen-bond donors (Lipinski definition) is 1. The maximum absolute atomic E-state index is 5.88. The molecule has 7 heteroatoms. The predicted octanol–water partition coefficient (Wildman–Crippen LogP) is 2.74. The quantitative estimate of drug-likeness (QED) is 0.895. The molecule has 0 spiro atoms. The van der Waals surface area contributed by atoms with Gasteiger partial charge in [0.15, 0.2) is 0 Å². The van der Waals surface area contributed by atoms with Crippen molar-refractivity contribution in [3.8, 4) is 0 Å². The van der Waals surface area contributed by atoms with Crippen LogP contribution in [0.2, 0.25) is 0 Å². The first kappa shape index (κ1) is 20.0. The van der Waals surface area contributed by atoms with Crippen molar-refractivity contribution in [2.24, 2.45) is 0 Å². The highest BCUT2D eigenvalue weighted by atomic mass is 16.5. The minimum atomic E-state index is -0.0469. The van der Waals surface area contributed by atoms with Gasteiger partial charge in [0, 0.05) is 37.3 Å². The molecule has 0 bridgehead atoms. The third-order valence-electron chi connectivity index (χ3n) is 4.60. The first-order valence-electron chi connectivity index (χ1n) is 9.94. The average molecular weight is 375 g/mol. The van der Waals surface area contributed by atoms with E-state index in [0.29, 0.717) is 6.10 Å². The first-order chi connectivity index (χ1) is 12.6. The molecule has 2 aromatic rings. The summed E-state index contributed by atoms with van der Waals surface area (Å²) in [6.07, 6.45) is 7.42. The Labute approximate surface area is 162 Å². The van der Waals surface area contributed by atoms with Gasteiger partial charge < -0.3 is 19.2 Å². The molecule has 27 heavy (non-hydrogen) atoms. The number of nitrogens with zero attached hydrogens (tertiary/aromatic N) is 5. The molecule has 2 aromatic heterocycles. The van der Waals surface area contributed by atoms with Gasteiger partial charge in [-0.15, -0.1) is 10.2 Å². The highest BCUT2D eigenvalue weighted by Gasteiger charge is 2.26. The predicted molar refractivity (Wildman–Crippen MR) is 105 cm³/mol. The number of rotatable bonds is 3. The molecule has 1 atom stereocenters. The Morgan fingerprint density at radius 2 is 1.93 bits per heavy atom. The summed E-state index contributed by atoms with van der Waals surface area (Å²) in [6, 6.07) is 0. The number of hydrogen-bond acceptors (Lipinski definition) is 5. The number of fused-ring (bicyclic) bond motifs is 2. The highest BCUT2D eigenvalue weighted by molar-refractivity contribution is 5.01. The second-order valence-electron chi connectivity index (χ2n) is 9.44. The van der Waals surface area contributed by atoms with Crippen molar-refractivity contribution < 1.29 is 4.74 Å². The van der Waals surface area contributed by atoms with Crippen LogP contribution in [0, 0.1) is 0 Å². The van der Waals surface area contributed by atoms with E-state index in [1.807, 2.05) is 12.4 Å². The third kappa shape index (κ3) is 5.62. The van der Waals surface area contributed by atoms with E-state index in [9.17, 15) is 0 Å². The van der Waals surface area contributed by atoms with Gasteiger partial charge in [0.25, 0.3) is 0 Å². The van der Waals surface area contributed by atoms with Crippen LogP contribution in [0.15, 0.2) is 12.4 Å². The zero-order valence-corrected chi connectivity index (χ0v) is 17.6. The lowest BCUT2D eigenvalue weighted by atomic mass is 10.1. The summed E-state index contributed by atoms with van der Waals surface area (Å²) in [5.74, 6) is 3.37. The van der Waals surface area contributed by atoms with E-state index in [1.165, 1.54) is 6.42 Å². The third-order valence-corrected chi connectivity index (χ3v) is 4.60. The molecule has 0 fully saturated rings. The summed E-state index contributed by atoms with van der Waals surface area (Å²) >= 11 is 0. The summed E-state index contributed by atoms with van der Waals surface area (Å²) in [7, 11) is 0. The molecule has 0 saturated heterocycles. The van der Waals surface area contributed by atoms with Gasteiger partial charge in [-0.3, -0.25) is 0 Å². The molecule has 0 amide bonds. The molecule has 0 aromatic carbocycles.